The smallest absolute Gasteiger partial charge is 0.230 e. The van der Waals surface area contributed by atoms with Gasteiger partial charge in [0.15, 0.2) is 5.82 Å². The molecule has 3 heterocycles. The summed E-state index contributed by atoms with van der Waals surface area (Å²) in [7, 11) is 2.13. The third-order valence-electron chi connectivity index (χ3n) is 4.92. The minimum absolute atomic E-state index is 0.457. The van der Waals surface area contributed by atoms with Gasteiger partial charge in [0.05, 0.1) is 12.2 Å². The second kappa shape index (κ2) is 6.47. The minimum Gasteiger partial charge on any atom is -0.424 e. The molecule has 128 valence electrons. The zero-order valence-electron chi connectivity index (χ0n) is 14.4. The largest absolute Gasteiger partial charge is 0.424 e. The molecule has 7 nitrogen and oxygen atoms in total. The van der Waals surface area contributed by atoms with Crippen molar-refractivity contribution in [3.05, 3.63) is 29.6 Å². The summed E-state index contributed by atoms with van der Waals surface area (Å²) < 4.78 is 5.79. The van der Waals surface area contributed by atoms with Crippen LogP contribution in [0.4, 0.5) is 5.82 Å². The first-order chi connectivity index (χ1) is 11.7. The maximum Gasteiger partial charge on any atom is 0.230 e. The lowest BCUT2D eigenvalue weighted by atomic mass is 10.0. The van der Waals surface area contributed by atoms with Crippen LogP contribution in [0.3, 0.4) is 0 Å². The molecule has 0 N–H and O–H groups in total. The number of piperidine rings is 1. The molecule has 2 aromatic heterocycles. The predicted molar refractivity (Wildman–Crippen MR) is 89.7 cm³/mol. The molecule has 2 aliphatic rings. The quantitative estimate of drug-likeness (QED) is 0.832. The van der Waals surface area contributed by atoms with Gasteiger partial charge in [-0.05, 0) is 51.8 Å². The molecule has 0 spiro atoms. The average molecular weight is 328 g/mol. The van der Waals surface area contributed by atoms with E-state index in [1.54, 1.807) is 0 Å². The molecule has 4 rings (SSSR count). The van der Waals surface area contributed by atoms with Gasteiger partial charge in [0, 0.05) is 25.0 Å². The van der Waals surface area contributed by atoms with E-state index in [9.17, 15) is 0 Å². The number of anilines is 1. The topological polar surface area (TPSA) is 71.2 Å². The summed E-state index contributed by atoms with van der Waals surface area (Å²) in [5.41, 5.74) is 0.951. The first-order valence-corrected chi connectivity index (χ1v) is 8.77. The normalized spacial score (nSPS) is 21.5. The van der Waals surface area contributed by atoms with Gasteiger partial charge in [0.2, 0.25) is 11.8 Å². The highest BCUT2D eigenvalue weighted by Crippen LogP contribution is 2.39. The number of hydrogen-bond donors (Lipinski definition) is 0. The molecule has 0 unspecified atom stereocenters. The van der Waals surface area contributed by atoms with Crippen molar-refractivity contribution >= 4 is 5.82 Å². The highest BCUT2D eigenvalue weighted by molar-refractivity contribution is 5.38. The van der Waals surface area contributed by atoms with Gasteiger partial charge in [0.25, 0.3) is 0 Å². The molecule has 2 fully saturated rings. The van der Waals surface area contributed by atoms with E-state index in [0.29, 0.717) is 18.5 Å². The van der Waals surface area contributed by atoms with Crippen LogP contribution in [0.25, 0.3) is 0 Å². The molecule has 1 saturated carbocycles. The van der Waals surface area contributed by atoms with Crippen LogP contribution in [-0.4, -0.2) is 51.5 Å². The summed E-state index contributed by atoms with van der Waals surface area (Å²) in [4.78, 5) is 4.64. The molecule has 0 bridgehead atoms. The number of nitrogens with zero attached hydrogens (tertiary/aromatic N) is 6. The van der Waals surface area contributed by atoms with Gasteiger partial charge < -0.3 is 9.32 Å². The van der Waals surface area contributed by atoms with Crippen molar-refractivity contribution in [1.82, 2.24) is 25.3 Å². The van der Waals surface area contributed by atoms with Gasteiger partial charge >= 0.3 is 0 Å². The molecule has 1 aliphatic carbocycles. The highest BCUT2D eigenvalue weighted by Gasteiger charge is 2.30. The average Bonchev–Trinajstić information content (AvgIpc) is 3.35. The third-order valence-corrected chi connectivity index (χ3v) is 4.92. The summed E-state index contributed by atoms with van der Waals surface area (Å²) >= 11 is 0. The van der Waals surface area contributed by atoms with Crippen LogP contribution in [0.15, 0.2) is 16.5 Å². The van der Waals surface area contributed by atoms with Crippen LogP contribution >= 0.6 is 0 Å². The van der Waals surface area contributed by atoms with Crippen LogP contribution in [0, 0.1) is 6.92 Å². The predicted octanol–water partition coefficient (Wildman–Crippen LogP) is 2.15. The van der Waals surface area contributed by atoms with E-state index < -0.39 is 0 Å². The van der Waals surface area contributed by atoms with E-state index in [1.807, 2.05) is 13.0 Å². The molecule has 0 radical (unpaired) electrons. The van der Waals surface area contributed by atoms with Crippen molar-refractivity contribution in [2.45, 2.75) is 51.1 Å². The van der Waals surface area contributed by atoms with E-state index in [2.05, 4.69) is 43.3 Å². The Balaban J connectivity index is 1.38. The summed E-state index contributed by atoms with van der Waals surface area (Å²) in [5.74, 6) is 3.03. The third kappa shape index (κ3) is 3.40. The number of likely N-dealkylation sites (N-methyl/N-ethyl adjacent to an activating group) is 1. The molecule has 24 heavy (non-hydrogen) atoms. The lowest BCUT2D eigenvalue weighted by Gasteiger charge is -2.37. The fourth-order valence-corrected chi connectivity index (χ4v) is 3.25. The second-order valence-electron chi connectivity index (χ2n) is 7.00. The standard InChI is InChI=1S/C17H24N6O/c1-12-5-8-15(19-18-12)23-9-3-4-14(10-23)22(2)11-16-20-21-17(24-16)13-6-7-13/h5,8,13-14H,3-4,6-7,9-11H2,1-2H3/t14-/m0/s1. The first-order valence-electron chi connectivity index (χ1n) is 8.77. The zero-order chi connectivity index (χ0) is 16.5. The van der Waals surface area contributed by atoms with Crippen LogP contribution in [0.1, 0.15) is 49.1 Å². The molecular formula is C17H24N6O. The fourth-order valence-electron chi connectivity index (χ4n) is 3.25. The molecular weight excluding hydrogens is 304 g/mol. The van der Waals surface area contributed by atoms with Crippen LogP contribution in [0.5, 0.6) is 0 Å². The van der Waals surface area contributed by atoms with Crippen LogP contribution < -0.4 is 4.90 Å². The Bertz CT molecular complexity index is 681. The lowest BCUT2D eigenvalue weighted by molar-refractivity contribution is 0.189. The van der Waals surface area contributed by atoms with E-state index in [-0.39, 0.29) is 0 Å². The van der Waals surface area contributed by atoms with Crippen molar-refractivity contribution in [2.24, 2.45) is 0 Å². The Morgan fingerprint density at radius 1 is 1.17 bits per heavy atom. The van der Waals surface area contributed by atoms with Crippen molar-refractivity contribution in [3.63, 3.8) is 0 Å². The molecule has 1 aliphatic heterocycles. The van der Waals surface area contributed by atoms with Gasteiger partial charge in [-0.15, -0.1) is 15.3 Å². The Morgan fingerprint density at radius 3 is 2.79 bits per heavy atom. The number of hydrogen-bond acceptors (Lipinski definition) is 7. The first kappa shape index (κ1) is 15.5. The van der Waals surface area contributed by atoms with Crippen molar-refractivity contribution < 1.29 is 4.42 Å². The summed E-state index contributed by atoms with van der Waals surface area (Å²) in [6.45, 7) is 4.66. The summed E-state index contributed by atoms with van der Waals surface area (Å²) in [6, 6.07) is 4.54. The van der Waals surface area contributed by atoms with Crippen LogP contribution in [-0.2, 0) is 6.54 Å². The van der Waals surface area contributed by atoms with E-state index in [1.165, 1.54) is 19.3 Å². The van der Waals surface area contributed by atoms with E-state index in [0.717, 1.165) is 42.8 Å². The van der Waals surface area contributed by atoms with Gasteiger partial charge in [-0.2, -0.15) is 5.10 Å². The monoisotopic (exact) mass is 328 g/mol. The van der Waals surface area contributed by atoms with Gasteiger partial charge in [-0.3, -0.25) is 4.90 Å². The SMILES string of the molecule is Cc1ccc(N2CCC[C@H](N(C)Cc3nnc(C4CC4)o3)C2)nn1. The minimum atomic E-state index is 0.457. The molecule has 2 aromatic rings. The van der Waals surface area contributed by atoms with Gasteiger partial charge in [-0.1, -0.05) is 0 Å². The van der Waals surface area contributed by atoms with E-state index >= 15 is 0 Å². The molecule has 1 atom stereocenters. The number of aromatic nitrogens is 4. The Kier molecular flexibility index (Phi) is 4.18. The highest BCUT2D eigenvalue weighted by atomic mass is 16.4. The van der Waals surface area contributed by atoms with Crippen molar-refractivity contribution in [1.29, 1.82) is 0 Å². The maximum absolute atomic E-state index is 5.79. The second-order valence-corrected chi connectivity index (χ2v) is 7.00. The maximum atomic E-state index is 5.79. The molecule has 0 amide bonds. The van der Waals surface area contributed by atoms with Gasteiger partial charge in [-0.25, -0.2) is 0 Å². The summed E-state index contributed by atoms with van der Waals surface area (Å²) in [6.07, 6.45) is 4.71. The number of rotatable bonds is 5. The molecule has 7 heteroatoms. The van der Waals surface area contributed by atoms with Crippen molar-refractivity contribution in [3.8, 4) is 0 Å². The lowest BCUT2D eigenvalue weighted by Crippen LogP contribution is -2.46. The fraction of sp³-hybridized carbons (Fsp3) is 0.647. The molecule has 1 saturated heterocycles. The van der Waals surface area contributed by atoms with Crippen molar-refractivity contribution in [2.75, 3.05) is 25.0 Å². The van der Waals surface area contributed by atoms with E-state index in [4.69, 9.17) is 4.42 Å². The van der Waals surface area contributed by atoms with Gasteiger partial charge in [0.1, 0.15) is 0 Å². The molecule has 0 aromatic carbocycles. The van der Waals surface area contributed by atoms with Crippen LogP contribution in [0.2, 0.25) is 0 Å². The Hall–Kier alpha value is -2.02. The zero-order valence-corrected chi connectivity index (χ0v) is 14.4. The Morgan fingerprint density at radius 2 is 2.04 bits per heavy atom. The number of aryl methyl sites for hydroxylation is 1. The Labute approximate surface area is 142 Å². The summed E-state index contributed by atoms with van der Waals surface area (Å²) in [5, 5.41) is 16.9.